The summed E-state index contributed by atoms with van der Waals surface area (Å²) in [7, 11) is 0. The van der Waals surface area contributed by atoms with E-state index in [1.807, 2.05) is 0 Å². The fourth-order valence-corrected chi connectivity index (χ4v) is 1.35. The molecule has 0 radical (unpaired) electrons. The lowest BCUT2D eigenvalue weighted by Crippen LogP contribution is -2.46. The van der Waals surface area contributed by atoms with Crippen molar-refractivity contribution in [2.75, 3.05) is 6.61 Å². The zero-order valence-electron chi connectivity index (χ0n) is 9.50. The van der Waals surface area contributed by atoms with Crippen molar-refractivity contribution in [2.45, 2.75) is 13.0 Å². The first kappa shape index (κ1) is 14.0. The molecule has 0 bridgehead atoms. The minimum atomic E-state index is -0.668. The number of carbonyl (C=O) groups is 1. The van der Waals surface area contributed by atoms with E-state index in [0.29, 0.717) is 0 Å². The third-order valence-corrected chi connectivity index (χ3v) is 2.32. The van der Waals surface area contributed by atoms with Crippen LogP contribution in [0.5, 0.6) is 17.2 Å². The van der Waals surface area contributed by atoms with Crippen molar-refractivity contribution in [2.24, 2.45) is 5.84 Å². The number of hydrogen-bond donors (Lipinski definition) is 6. The van der Waals surface area contributed by atoms with Crippen molar-refractivity contribution in [3.8, 4) is 17.2 Å². The number of aliphatic hydroxyl groups is 1. The van der Waals surface area contributed by atoms with Crippen LogP contribution in [0.3, 0.4) is 0 Å². The summed E-state index contributed by atoms with van der Waals surface area (Å²) in [4.78, 5) is 11.5. The van der Waals surface area contributed by atoms with E-state index in [1.165, 1.54) is 12.1 Å². The minimum Gasteiger partial charge on any atom is -0.504 e. The number of nitrogens with two attached hydrogens (primary N) is 1. The van der Waals surface area contributed by atoms with E-state index >= 15 is 0 Å². The molecule has 7 N–H and O–H groups in total. The van der Waals surface area contributed by atoms with Gasteiger partial charge in [-0.3, -0.25) is 15.6 Å². The van der Waals surface area contributed by atoms with E-state index in [2.05, 4.69) is 5.53 Å². The van der Waals surface area contributed by atoms with E-state index in [-0.39, 0.29) is 25.1 Å². The van der Waals surface area contributed by atoms with Crippen LogP contribution >= 0.6 is 0 Å². The molecule has 0 unspecified atom stereocenters. The molecule has 0 saturated carbocycles. The Bertz CT molecular complexity index is 438. The first-order valence-corrected chi connectivity index (χ1v) is 5.11. The number of nitrogens with zero attached hydrogens (tertiary/aromatic N) is 1. The van der Waals surface area contributed by atoms with Crippen molar-refractivity contribution in [3.05, 3.63) is 17.7 Å². The van der Waals surface area contributed by atoms with Crippen LogP contribution in [-0.4, -0.2) is 37.9 Å². The number of nitrogens with one attached hydrogen (secondary N) is 1. The number of benzene rings is 1. The summed E-state index contributed by atoms with van der Waals surface area (Å²) in [6.45, 7) is -0.459. The number of hydrazine groups is 2. The zero-order valence-corrected chi connectivity index (χ0v) is 9.50. The maximum absolute atomic E-state index is 11.5. The van der Waals surface area contributed by atoms with Gasteiger partial charge >= 0.3 is 0 Å². The van der Waals surface area contributed by atoms with Crippen LogP contribution < -0.4 is 11.4 Å². The number of aromatic hydroxyl groups is 3. The Morgan fingerprint density at radius 1 is 1.28 bits per heavy atom. The van der Waals surface area contributed by atoms with Gasteiger partial charge in [-0.1, -0.05) is 0 Å². The van der Waals surface area contributed by atoms with E-state index in [4.69, 9.17) is 16.1 Å². The molecule has 8 heteroatoms. The average molecular weight is 257 g/mol. The van der Waals surface area contributed by atoms with Gasteiger partial charge < -0.3 is 20.4 Å². The summed E-state index contributed by atoms with van der Waals surface area (Å²) in [5, 5.41) is 37.6. The Balaban J connectivity index is 2.89. The molecule has 18 heavy (non-hydrogen) atoms. The van der Waals surface area contributed by atoms with Gasteiger partial charge in [-0.25, -0.2) is 0 Å². The lowest BCUT2D eigenvalue weighted by Gasteiger charge is -2.21. The van der Waals surface area contributed by atoms with Crippen molar-refractivity contribution in [3.63, 3.8) is 0 Å². The SMILES string of the molecule is NNN(Cc1ccc(O)c(O)c1O)C(=O)CCO. The number of aliphatic hydroxyl groups excluding tert-OH is 1. The summed E-state index contributed by atoms with van der Waals surface area (Å²) in [5.41, 5.74) is 2.30. The number of rotatable bonds is 5. The van der Waals surface area contributed by atoms with Crippen LogP contribution in [0.2, 0.25) is 0 Å². The monoisotopic (exact) mass is 257 g/mol. The summed E-state index contributed by atoms with van der Waals surface area (Å²) in [5.74, 6) is 3.00. The predicted octanol–water partition coefficient (Wildman–Crippen LogP) is -1.11. The van der Waals surface area contributed by atoms with Gasteiger partial charge in [-0.05, 0) is 12.1 Å². The van der Waals surface area contributed by atoms with Crippen molar-refractivity contribution >= 4 is 5.91 Å². The van der Waals surface area contributed by atoms with Gasteiger partial charge in [0.2, 0.25) is 11.7 Å². The second-order valence-corrected chi connectivity index (χ2v) is 3.52. The van der Waals surface area contributed by atoms with Gasteiger partial charge in [-0.2, -0.15) is 5.53 Å². The Morgan fingerprint density at radius 3 is 2.50 bits per heavy atom. The zero-order chi connectivity index (χ0) is 13.7. The largest absolute Gasteiger partial charge is 0.504 e. The summed E-state index contributed by atoms with van der Waals surface area (Å²) in [6.07, 6.45) is -0.130. The Morgan fingerprint density at radius 2 is 1.94 bits per heavy atom. The summed E-state index contributed by atoms with van der Waals surface area (Å²) in [6, 6.07) is 2.51. The topological polar surface area (TPSA) is 139 Å². The van der Waals surface area contributed by atoms with Gasteiger partial charge in [-0.15, -0.1) is 0 Å². The average Bonchev–Trinajstić information content (AvgIpc) is 2.35. The van der Waals surface area contributed by atoms with Crippen molar-refractivity contribution in [1.82, 2.24) is 10.5 Å². The highest BCUT2D eigenvalue weighted by Gasteiger charge is 2.17. The predicted molar refractivity (Wildman–Crippen MR) is 61.0 cm³/mol. The normalized spacial score (nSPS) is 10.3. The van der Waals surface area contributed by atoms with Crippen molar-refractivity contribution in [1.29, 1.82) is 0 Å². The molecule has 1 aromatic rings. The fourth-order valence-electron chi connectivity index (χ4n) is 1.35. The summed E-state index contributed by atoms with van der Waals surface area (Å²) >= 11 is 0. The van der Waals surface area contributed by atoms with E-state index < -0.39 is 23.2 Å². The molecule has 0 saturated heterocycles. The van der Waals surface area contributed by atoms with Crippen LogP contribution in [0.1, 0.15) is 12.0 Å². The highest BCUT2D eigenvalue weighted by Crippen LogP contribution is 2.37. The van der Waals surface area contributed by atoms with Crippen LogP contribution in [0.25, 0.3) is 0 Å². The van der Waals surface area contributed by atoms with Gasteiger partial charge in [0.15, 0.2) is 11.5 Å². The van der Waals surface area contributed by atoms with Crippen LogP contribution in [0.4, 0.5) is 0 Å². The molecule has 1 amide bonds. The van der Waals surface area contributed by atoms with Crippen LogP contribution in [0, 0.1) is 0 Å². The minimum absolute atomic E-state index is 0.130. The number of phenolic OH excluding ortho intramolecular Hbond substituents is 3. The first-order valence-electron chi connectivity index (χ1n) is 5.11. The lowest BCUT2D eigenvalue weighted by molar-refractivity contribution is -0.136. The van der Waals surface area contributed by atoms with Gasteiger partial charge in [0, 0.05) is 5.56 Å². The molecule has 100 valence electrons. The molecule has 1 aromatic carbocycles. The molecular formula is C10H15N3O5. The van der Waals surface area contributed by atoms with Gasteiger partial charge in [0.25, 0.3) is 0 Å². The molecule has 8 nitrogen and oxygen atoms in total. The second-order valence-electron chi connectivity index (χ2n) is 3.52. The number of amides is 1. The fraction of sp³-hybridized carbons (Fsp3) is 0.300. The number of phenols is 3. The van der Waals surface area contributed by atoms with E-state index in [1.54, 1.807) is 0 Å². The van der Waals surface area contributed by atoms with Crippen LogP contribution in [0.15, 0.2) is 12.1 Å². The second kappa shape index (κ2) is 6.05. The molecule has 1 rings (SSSR count). The highest BCUT2D eigenvalue weighted by atomic mass is 16.3. The molecule has 0 heterocycles. The third kappa shape index (κ3) is 3.00. The number of hydrogen-bond acceptors (Lipinski definition) is 7. The van der Waals surface area contributed by atoms with E-state index in [0.717, 1.165) is 5.01 Å². The molecule has 0 fully saturated rings. The standard InChI is InChI=1S/C10H15N3O5/c11-12-13(8(16)3-4-14)5-6-1-2-7(15)10(18)9(6)17/h1-2,12,14-15,17-18H,3-5,11H2. The smallest absolute Gasteiger partial charge is 0.240 e. The maximum atomic E-state index is 11.5. The number of carbonyl (C=O) groups excluding carboxylic acids is 1. The van der Waals surface area contributed by atoms with Gasteiger partial charge in [0.05, 0.1) is 19.6 Å². The molecule has 0 aromatic heterocycles. The summed E-state index contributed by atoms with van der Waals surface area (Å²) < 4.78 is 0. The molecular weight excluding hydrogens is 242 g/mol. The molecule has 0 aliphatic rings. The lowest BCUT2D eigenvalue weighted by atomic mass is 10.1. The molecule has 0 aliphatic carbocycles. The quantitative estimate of drug-likeness (QED) is 0.223. The Labute approximate surface area is 103 Å². The maximum Gasteiger partial charge on any atom is 0.240 e. The van der Waals surface area contributed by atoms with Crippen LogP contribution in [-0.2, 0) is 11.3 Å². The van der Waals surface area contributed by atoms with E-state index in [9.17, 15) is 15.0 Å². The molecule has 0 atom stereocenters. The molecule has 0 spiro atoms. The molecule has 0 aliphatic heterocycles. The third-order valence-electron chi connectivity index (χ3n) is 2.32. The Hall–Kier alpha value is -2.03. The first-order chi connectivity index (χ1) is 8.51. The highest BCUT2D eigenvalue weighted by molar-refractivity contribution is 5.75. The van der Waals surface area contributed by atoms with Gasteiger partial charge in [0.1, 0.15) is 0 Å². The van der Waals surface area contributed by atoms with Crippen molar-refractivity contribution < 1.29 is 25.2 Å². The Kier molecular flexibility index (Phi) is 4.72.